The minimum atomic E-state index is 0. The van der Waals surface area contributed by atoms with Crippen LogP contribution in [0.3, 0.4) is 0 Å². The third-order valence-electron chi connectivity index (χ3n) is 3.60. The molecule has 2 N–H and O–H groups in total. The number of amides is 1. The van der Waals surface area contributed by atoms with Crippen molar-refractivity contribution < 1.29 is 4.79 Å². The van der Waals surface area contributed by atoms with E-state index in [2.05, 4.69) is 27.7 Å². The first-order valence-corrected chi connectivity index (χ1v) is 6.99. The standard InChI is InChI=1S/C15H23N3O.2ClH/c1-18(14-5-3-2-4-6-14)10-9-17-15(19)11-13-7-8-16-12-13;;/h2-6,13,16H,7-12H2,1H3,(H,17,19);2*1H. The van der Waals surface area contributed by atoms with Crippen molar-refractivity contribution in [2.75, 3.05) is 38.1 Å². The van der Waals surface area contributed by atoms with Gasteiger partial charge in [0.25, 0.3) is 0 Å². The molecule has 2 rings (SSSR count). The zero-order valence-electron chi connectivity index (χ0n) is 12.4. The van der Waals surface area contributed by atoms with Gasteiger partial charge in [0.15, 0.2) is 0 Å². The monoisotopic (exact) mass is 333 g/mol. The van der Waals surface area contributed by atoms with Gasteiger partial charge in [-0.05, 0) is 37.6 Å². The fourth-order valence-corrected chi connectivity index (χ4v) is 2.40. The lowest BCUT2D eigenvalue weighted by Crippen LogP contribution is -2.34. The highest BCUT2D eigenvalue weighted by molar-refractivity contribution is 5.85. The van der Waals surface area contributed by atoms with Crippen molar-refractivity contribution in [2.24, 2.45) is 5.92 Å². The highest BCUT2D eigenvalue weighted by Gasteiger charge is 2.17. The Kier molecular flexibility index (Phi) is 10.2. The largest absolute Gasteiger partial charge is 0.373 e. The lowest BCUT2D eigenvalue weighted by molar-refractivity contribution is -0.121. The molecule has 120 valence electrons. The van der Waals surface area contributed by atoms with Crippen LogP contribution in [0.25, 0.3) is 0 Å². The minimum absolute atomic E-state index is 0. The molecule has 4 nitrogen and oxygen atoms in total. The Morgan fingerprint density at radius 3 is 2.67 bits per heavy atom. The fourth-order valence-electron chi connectivity index (χ4n) is 2.40. The van der Waals surface area contributed by atoms with Gasteiger partial charge in [0.05, 0.1) is 0 Å². The van der Waals surface area contributed by atoms with Gasteiger partial charge in [-0.1, -0.05) is 18.2 Å². The predicted octanol–water partition coefficient (Wildman–Crippen LogP) is 2.08. The first-order chi connectivity index (χ1) is 9.25. The number of nitrogens with one attached hydrogen (secondary N) is 2. The average molecular weight is 334 g/mol. The van der Waals surface area contributed by atoms with E-state index in [9.17, 15) is 4.79 Å². The number of carbonyl (C=O) groups is 1. The van der Waals surface area contributed by atoms with E-state index in [-0.39, 0.29) is 30.7 Å². The van der Waals surface area contributed by atoms with Crippen molar-refractivity contribution in [3.8, 4) is 0 Å². The number of rotatable bonds is 6. The maximum absolute atomic E-state index is 11.8. The van der Waals surface area contributed by atoms with Gasteiger partial charge < -0.3 is 15.5 Å². The number of para-hydroxylation sites is 1. The molecule has 1 heterocycles. The van der Waals surface area contributed by atoms with Crippen LogP contribution in [-0.2, 0) is 4.79 Å². The van der Waals surface area contributed by atoms with E-state index in [0.29, 0.717) is 18.9 Å². The second-order valence-corrected chi connectivity index (χ2v) is 5.17. The summed E-state index contributed by atoms with van der Waals surface area (Å²) in [6, 6.07) is 10.2. The maximum Gasteiger partial charge on any atom is 0.220 e. The lowest BCUT2D eigenvalue weighted by Gasteiger charge is -2.19. The molecule has 21 heavy (non-hydrogen) atoms. The van der Waals surface area contributed by atoms with Crippen LogP contribution in [0.1, 0.15) is 12.8 Å². The van der Waals surface area contributed by atoms with Crippen LogP contribution >= 0.6 is 24.8 Å². The van der Waals surface area contributed by atoms with Gasteiger partial charge in [-0.25, -0.2) is 0 Å². The van der Waals surface area contributed by atoms with E-state index >= 15 is 0 Å². The third kappa shape index (κ3) is 7.02. The van der Waals surface area contributed by atoms with E-state index in [4.69, 9.17) is 0 Å². The number of benzene rings is 1. The summed E-state index contributed by atoms with van der Waals surface area (Å²) in [4.78, 5) is 13.9. The summed E-state index contributed by atoms with van der Waals surface area (Å²) < 4.78 is 0. The fraction of sp³-hybridized carbons (Fsp3) is 0.533. The molecule has 1 aromatic rings. The molecule has 0 saturated carbocycles. The molecule has 1 atom stereocenters. The first-order valence-electron chi connectivity index (χ1n) is 6.99. The molecule has 1 saturated heterocycles. The molecule has 0 radical (unpaired) electrons. The second-order valence-electron chi connectivity index (χ2n) is 5.17. The molecular weight excluding hydrogens is 309 g/mol. The molecule has 1 aromatic carbocycles. The van der Waals surface area contributed by atoms with Crippen LogP contribution in [-0.4, -0.2) is 39.1 Å². The van der Waals surface area contributed by atoms with E-state index in [1.807, 2.05) is 25.2 Å². The minimum Gasteiger partial charge on any atom is -0.373 e. The van der Waals surface area contributed by atoms with Crippen molar-refractivity contribution in [3.05, 3.63) is 30.3 Å². The molecule has 6 heteroatoms. The van der Waals surface area contributed by atoms with Crippen LogP contribution in [0.5, 0.6) is 0 Å². The predicted molar refractivity (Wildman–Crippen MR) is 92.8 cm³/mol. The van der Waals surface area contributed by atoms with Gasteiger partial charge in [-0.3, -0.25) is 4.79 Å². The van der Waals surface area contributed by atoms with Crippen molar-refractivity contribution in [2.45, 2.75) is 12.8 Å². The normalized spacial score (nSPS) is 16.5. The van der Waals surface area contributed by atoms with Crippen LogP contribution in [0.15, 0.2) is 30.3 Å². The van der Waals surface area contributed by atoms with Gasteiger partial charge in [-0.15, -0.1) is 24.8 Å². The Labute approximate surface area is 139 Å². The number of anilines is 1. The number of likely N-dealkylation sites (N-methyl/N-ethyl adjacent to an activating group) is 1. The van der Waals surface area contributed by atoms with Crippen LogP contribution in [0, 0.1) is 5.92 Å². The highest BCUT2D eigenvalue weighted by atomic mass is 35.5. The number of hydrogen-bond donors (Lipinski definition) is 2. The highest BCUT2D eigenvalue weighted by Crippen LogP contribution is 2.12. The summed E-state index contributed by atoms with van der Waals surface area (Å²) in [6.07, 6.45) is 1.78. The van der Waals surface area contributed by atoms with E-state index in [1.165, 1.54) is 5.69 Å². The van der Waals surface area contributed by atoms with E-state index in [0.717, 1.165) is 26.1 Å². The molecule has 0 spiro atoms. The van der Waals surface area contributed by atoms with Crippen LogP contribution < -0.4 is 15.5 Å². The van der Waals surface area contributed by atoms with Crippen molar-refractivity contribution >= 4 is 36.4 Å². The molecule has 1 fully saturated rings. The molecule has 0 bridgehead atoms. The zero-order valence-corrected chi connectivity index (χ0v) is 14.0. The number of halogens is 2. The van der Waals surface area contributed by atoms with Gasteiger partial charge >= 0.3 is 0 Å². The van der Waals surface area contributed by atoms with E-state index < -0.39 is 0 Å². The van der Waals surface area contributed by atoms with Gasteiger partial charge in [-0.2, -0.15) is 0 Å². The molecular formula is C15H25Cl2N3O. The molecule has 1 aliphatic rings. The summed E-state index contributed by atoms with van der Waals surface area (Å²) in [7, 11) is 2.04. The average Bonchev–Trinajstić information content (AvgIpc) is 2.92. The number of carbonyl (C=O) groups excluding carboxylic acids is 1. The summed E-state index contributed by atoms with van der Waals surface area (Å²) in [6.45, 7) is 3.56. The van der Waals surface area contributed by atoms with Crippen LogP contribution in [0.4, 0.5) is 5.69 Å². The van der Waals surface area contributed by atoms with E-state index in [1.54, 1.807) is 0 Å². The summed E-state index contributed by atoms with van der Waals surface area (Å²) >= 11 is 0. The number of nitrogens with zero attached hydrogens (tertiary/aromatic N) is 1. The molecule has 1 aliphatic heterocycles. The first kappa shape index (κ1) is 20.0. The quantitative estimate of drug-likeness (QED) is 0.837. The Balaban J connectivity index is 0.00000200. The molecule has 0 aromatic heterocycles. The molecule has 0 aliphatic carbocycles. The van der Waals surface area contributed by atoms with Gasteiger partial charge in [0.2, 0.25) is 5.91 Å². The van der Waals surface area contributed by atoms with Crippen molar-refractivity contribution in [1.29, 1.82) is 0 Å². The van der Waals surface area contributed by atoms with Crippen LogP contribution in [0.2, 0.25) is 0 Å². The zero-order chi connectivity index (χ0) is 13.5. The van der Waals surface area contributed by atoms with Crippen molar-refractivity contribution in [3.63, 3.8) is 0 Å². The smallest absolute Gasteiger partial charge is 0.220 e. The number of hydrogen-bond acceptors (Lipinski definition) is 3. The molecule has 1 unspecified atom stereocenters. The van der Waals surface area contributed by atoms with Gasteiger partial charge in [0, 0.05) is 32.2 Å². The summed E-state index contributed by atoms with van der Waals surface area (Å²) in [5, 5.41) is 6.29. The Morgan fingerprint density at radius 2 is 2.05 bits per heavy atom. The SMILES string of the molecule is CN(CCNC(=O)CC1CCNC1)c1ccccc1.Cl.Cl. The topological polar surface area (TPSA) is 44.4 Å². The maximum atomic E-state index is 11.8. The van der Waals surface area contributed by atoms with Gasteiger partial charge in [0.1, 0.15) is 0 Å². The molecule has 1 amide bonds. The lowest BCUT2D eigenvalue weighted by atomic mass is 10.0. The summed E-state index contributed by atoms with van der Waals surface area (Å²) in [5.74, 6) is 0.696. The summed E-state index contributed by atoms with van der Waals surface area (Å²) in [5.41, 5.74) is 1.18. The Bertz CT molecular complexity index is 397. The van der Waals surface area contributed by atoms with Crippen molar-refractivity contribution in [1.82, 2.24) is 10.6 Å². The Hall–Kier alpha value is -0.970. The second kappa shape index (κ2) is 10.7. The Morgan fingerprint density at radius 1 is 1.33 bits per heavy atom. The third-order valence-corrected chi connectivity index (χ3v) is 3.60.